The van der Waals surface area contributed by atoms with Gasteiger partial charge in [0, 0.05) is 6.42 Å². The molecule has 3 heteroatoms. The molecule has 1 aliphatic carbocycles. The van der Waals surface area contributed by atoms with Crippen molar-refractivity contribution in [2.24, 2.45) is 0 Å². The van der Waals surface area contributed by atoms with Gasteiger partial charge in [-0.05, 0) is 44.9 Å². The van der Waals surface area contributed by atoms with E-state index in [1.807, 2.05) is 0 Å². The van der Waals surface area contributed by atoms with Crippen molar-refractivity contribution in [1.29, 1.82) is 0 Å². The summed E-state index contributed by atoms with van der Waals surface area (Å²) >= 11 is 0.192. The van der Waals surface area contributed by atoms with Crippen LogP contribution in [0.25, 0.3) is 0 Å². The Balaban J connectivity index is 1.89. The normalized spacial score (nSPS) is 29.6. The molecule has 2 fully saturated rings. The molecule has 2 aliphatic rings. The second-order valence-corrected chi connectivity index (χ2v) is 7.57. The first kappa shape index (κ1) is 13.3. The summed E-state index contributed by atoms with van der Waals surface area (Å²) in [5.41, 5.74) is 0. The van der Waals surface area contributed by atoms with Crippen LogP contribution in [-0.4, -0.2) is 16.9 Å². The number of nitrogens with one attached hydrogen (secondary N) is 1. The van der Waals surface area contributed by atoms with Crippen LogP contribution < -0.4 is 4.72 Å². The molecule has 0 radical (unpaired) electrons. The summed E-state index contributed by atoms with van der Waals surface area (Å²) < 4.78 is 3.33. The van der Waals surface area contributed by atoms with Gasteiger partial charge in [0.15, 0.2) is 0 Å². The van der Waals surface area contributed by atoms with Gasteiger partial charge in [0.2, 0.25) is 0 Å². The fourth-order valence-corrected chi connectivity index (χ4v) is 5.34. The van der Waals surface area contributed by atoms with Gasteiger partial charge in [0.05, 0.1) is 0 Å². The summed E-state index contributed by atoms with van der Waals surface area (Å²) in [4.78, 5) is 11.7. The van der Waals surface area contributed by atoms with E-state index >= 15 is 0 Å². The van der Waals surface area contributed by atoms with Crippen molar-refractivity contribution in [2.45, 2.75) is 75.9 Å². The minimum atomic E-state index is 0.192. The molecule has 1 atom stereocenters. The molecule has 1 saturated carbocycles. The highest BCUT2D eigenvalue weighted by Crippen LogP contribution is 2.24. The van der Waals surface area contributed by atoms with Crippen LogP contribution in [0, 0.1) is 0 Å². The van der Waals surface area contributed by atoms with Gasteiger partial charge in [-0.2, -0.15) is 4.72 Å². The monoisotopic (exact) mass is 256 g/mol. The lowest BCUT2D eigenvalue weighted by Crippen LogP contribution is -2.41. The van der Waals surface area contributed by atoms with Crippen LogP contribution in [-0.2, 0) is 15.9 Å². The summed E-state index contributed by atoms with van der Waals surface area (Å²) in [5, 5.41) is 0.789. The maximum absolute atomic E-state index is 11.7. The number of carbonyl (C=O) groups is 1. The summed E-state index contributed by atoms with van der Waals surface area (Å²) in [6.07, 6.45) is 14.1. The highest BCUT2D eigenvalue weighted by Gasteiger charge is 2.33. The number of hydrogen-bond donors (Lipinski definition) is 1. The minimum Gasteiger partial charge on any atom is -0.271 e. The third-order valence-corrected chi connectivity index (χ3v) is 6.46. The largest absolute Gasteiger partial charge is 0.271 e. The second kappa shape index (κ2) is 7.30. The highest BCUT2D eigenvalue weighted by molar-refractivity contribution is 7.96. The maximum atomic E-state index is 11.7. The van der Waals surface area contributed by atoms with Crippen molar-refractivity contribution in [1.82, 2.24) is 4.72 Å². The molecular weight excluding hydrogens is 230 g/mol. The molecule has 0 aromatic carbocycles. The molecular formula is C14H26NOS+. The van der Waals surface area contributed by atoms with Gasteiger partial charge in [-0.1, -0.05) is 19.3 Å². The lowest BCUT2D eigenvalue weighted by atomic mass is 10.0. The Bertz CT molecular complexity index is 236. The van der Waals surface area contributed by atoms with Crippen LogP contribution in [0.3, 0.4) is 0 Å². The minimum absolute atomic E-state index is 0.192. The summed E-state index contributed by atoms with van der Waals surface area (Å²) in [6, 6.07) is 0. The van der Waals surface area contributed by atoms with E-state index < -0.39 is 0 Å². The molecule has 1 heterocycles. The lowest BCUT2D eigenvalue weighted by Gasteiger charge is -2.22. The Kier molecular flexibility index (Phi) is 5.69. The fourth-order valence-electron chi connectivity index (χ4n) is 2.92. The number of rotatable bonds is 1. The second-order valence-electron chi connectivity index (χ2n) is 5.44. The molecule has 98 valence electrons. The Hall–Kier alpha value is -0.180. The number of carbonyl (C=O) groups excluding carboxylic acids is 1. The van der Waals surface area contributed by atoms with Crippen molar-refractivity contribution < 1.29 is 4.79 Å². The van der Waals surface area contributed by atoms with E-state index in [4.69, 9.17) is 0 Å². The zero-order valence-corrected chi connectivity index (χ0v) is 11.7. The standard InChI is InChI=1S/C14H25NOS/c16-14-11-7-4-8-12-17(15-14)13-9-5-2-1-3-6-10-13/h13H,1-12H2/p+1. The Labute approximate surface area is 108 Å². The van der Waals surface area contributed by atoms with E-state index in [9.17, 15) is 4.79 Å². The van der Waals surface area contributed by atoms with E-state index in [0.717, 1.165) is 18.1 Å². The van der Waals surface area contributed by atoms with E-state index in [-0.39, 0.29) is 11.1 Å². The molecule has 1 saturated heterocycles. The van der Waals surface area contributed by atoms with Crippen molar-refractivity contribution in [3.05, 3.63) is 0 Å². The molecule has 0 spiro atoms. The molecule has 2 rings (SSSR count). The predicted octanol–water partition coefficient (Wildman–Crippen LogP) is 3.32. The first-order chi connectivity index (χ1) is 8.36. The van der Waals surface area contributed by atoms with Crippen molar-refractivity contribution in [3.63, 3.8) is 0 Å². The molecule has 1 N–H and O–H groups in total. The van der Waals surface area contributed by atoms with E-state index in [1.54, 1.807) is 0 Å². The molecule has 1 aliphatic heterocycles. The van der Waals surface area contributed by atoms with Gasteiger partial charge in [-0.15, -0.1) is 0 Å². The third kappa shape index (κ3) is 4.53. The van der Waals surface area contributed by atoms with Gasteiger partial charge in [-0.25, -0.2) is 0 Å². The van der Waals surface area contributed by atoms with Gasteiger partial charge < -0.3 is 0 Å². The number of amides is 1. The third-order valence-electron chi connectivity index (χ3n) is 3.97. The van der Waals surface area contributed by atoms with E-state index in [1.165, 1.54) is 63.5 Å². The van der Waals surface area contributed by atoms with E-state index in [2.05, 4.69) is 4.72 Å². The van der Waals surface area contributed by atoms with Gasteiger partial charge >= 0.3 is 0 Å². The first-order valence-electron chi connectivity index (χ1n) is 7.35. The van der Waals surface area contributed by atoms with Crippen LogP contribution in [0.2, 0.25) is 0 Å². The van der Waals surface area contributed by atoms with Crippen LogP contribution in [0.5, 0.6) is 0 Å². The van der Waals surface area contributed by atoms with Crippen LogP contribution in [0.4, 0.5) is 0 Å². The first-order valence-corrected chi connectivity index (χ1v) is 8.81. The fraction of sp³-hybridized carbons (Fsp3) is 0.929. The quantitative estimate of drug-likeness (QED) is 0.716. The Morgan fingerprint density at radius 1 is 0.882 bits per heavy atom. The SMILES string of the molecule is O=C1CCCCC[S+](C2CCCCCCC2)N1. The predicted molar refractivity (Wildman–Crippen MR) is 74.9 cm³/mol. The molecule has 0 aromatic rings. The molecule has 1 unspecified atom stereocenters. The zero-order chi connectivity index (χ0) is 11.9. The van der Waals surface area contributed by atoms with Gasteiger partial charge in [0.25, 0.3) is 5.91 Å². The summed E-state index contributed by atoms with van der Waals surface area (Å²) in [7, 11) is 0. The highest BCUT2D eigenvalue weighted by atomic mass is 32.2. The van der Waals surface area contributed by atoms with E-state index in [0.29, 0.717) is 5.91 Å². The molecule has 17 heavy (non-hydrogen) atoms. The summed E-state index contributed by atoms with van der Waals surface area (Å²) in [5.74, 6) is 1.56. The smallest absolute Gasteiger partial charge is 0.261 e. The molecule has 1 amide bonds. The molecule has 0 bridgehead atoms. The summed E-state index contributed by atoms with van der Waals surface area (Å²) in [6.45, 7) is 0. The van der Waals surface area contributed by atoms with Gasteiger partial charge in [-0.3, -0.25) is 4.79 Å². The Morgan fingerprint density at radius 2 is 1.53 bits per heavy atom. The number of hydrogen-bond acceptors (Lipinski definition) is 1. The van der Waals surface area contributed by atoms with Gasteiger partial charge in [0.1, 0.15) is 22.1 Å². The Morgan fingerprint density at radius 3 is 2.29 bits per heavy atom. The topological polar surface area (TPSA) is 29.1 Å². The van der Waals surface area contributed by atoms with Crippen LogP contribution in [0.15, 0.2) is 0 Å². The van der Waals surface area contributed by atoms with Crippen LogP contribution in [0.1, 0.15) is 70.6 Å². The average molecular weight is 256 g/mol. The van der Waals surface area contributed by atoms with Crippen molar-refractivity contribution in [2.75, 3.05) is 5.75 Å². The lowest BCUT2D eigenvalue weighted by molar-refractivity contribution is -0.119. The van der Waals surface area contributed by atoms with Crippen molar-refractivity contribution in [3.8, 4) is 0 Å². The average Bonchev–Trinajstić information content (AvgIpc) is 2.23. The molecule has 2 nitrogen and oxygen atoms in total. The van der Waals surface area contributed by atoms with Crippen LogP contribution >= 0.6 is 0 Å². The maximum Gasteiger partial charge on any atom is 0.261 e. The zero-order valence-electron chi connectivity index (χ0n) is 10.9. The molecule has 0 aromatic heterocycles. The van der Waals surface area contributed by atoms with Crippen molar-refractivity contribution >= 4 is 17.0 Å².